The number of carbonyl (C=O) groups excluding carboxylic acids is 1. The van der Waals surface area contributed by atoms with E-state index >= 15 is 0 Å². The number of amides is 1. The fourth-order valence-corrected chi connectivity index (χ4v) is 2.70. The van der Waals surface area contributed by atoms with Gasteiger partial charge < -0.3 is 10.1 Å². The third kappa shape index (κ3) is 6.22. The number of ether oxygens (including phenoxy) is 1. The second kappa shape index (κ2) is 9.15. The zero-order chi connectivity index (χ0) is 15.6. The molecule has 0 saturated carbocycles. The number of nitrogens with one attached hydrogen (secondary N) is 1. The summed E-state index contributed by atoms with van der Waals surface area (Å²) >= 11 is 1.62. The van der Waals surface area contributed by atoms with Crippen LogP contribution in [0.25, 0.3) is 0 Å². The SMILES string of the molecule is Cc1ccc(OCCNC(=O)CSCc2ccccc2)cc1. The lowest BCUT2D eigenvalue weighted by atomic mass is 10.2. The van der Waals surface area contributed by atoms with E-state index < -0.39 is 0 Å². The summed E-state index contributed by atoms with van der Waals surface area (Å²) in [5.41, 5.74) is 2.44. The van der Waals surface area contributed by atoms with E-state index in [2.05, 4.69) is 17.4 Å². The topological polar surface area (TPSA) is 38.3 Å². The van der Waals surface area contributed by atoms with Gasteiger partial charge in [0.25, 0.3) is 0 Å². The van der Waals surface area contributed by atoms with E-state index in [1.807, 2.05) is 49.4 Å². The molecule has 0 spiro atoms. The summed E-state index contributed by atoms with van der Waals surface area (Å²) in [4.78, 5) is 11.7. The summed E-state index contributed by atoms with van der Waals surface area (Å²) in [5, 5.41) is 2.87. The fourth-order valence-electron chi connectivity index (χ4n) is 1.88. The summed E-state index contributed by atoms with van der Waals surface area (Å²) in [6.07, 6.45) is 0. The number of benzene rings is 2. The van der Waals surface area contributed by atoms with Crippen LogP contribution in [0.1, 0.15) is 11.1 Å². The molecule has 2 aromatic carbocycles. The zero-order valence-corrected chi connectivity index (χ0v) is 13.6. The molecule has 0 heterocycles. The van der Waals surface area contributed by atoms with Crippen LogP contribution in [0.5, 0.6) is 5.75 Å². The van der Waals surface area contributed by atoms with Crippen molar-refractivity contribution in [1.29, 1.82) is 0 Å². The summed E-state index contributed by atoms with van der Waals surface area (Å²) in [7, 11) is 0. The Kier molecular flexibility index (Phi) is 6.84. The molecule has 1 amide bonds. The number of carbonyl (C=O) groups is 1. The Hall–Kier alpha value is -1.94. The molecule has 4 heteroatoms. The monoisotopic (exact) mass is 315 g/mol. The molecule has 0 bridgehead atoms. The lowest BCUT2D eigenvalue weighted by molar-refractivity contribution is -0.118. The molecular formula is C18H21NO2S. The molecular weight excluding hydrogens is 294 g/mol. The average Bonchev–Trinajstić information content (AvgIpc) is 2.54. The molecule has 116 valence electrons. The summed E-state index contributed by atoms with van der Waals surface area (Å²) in [5.74, 6) is 2.21. The molecule has 0 saturated heterocycles. The van der Waals surface area contributed by atoms with Gasteiger partial charge in [-0.1, -0.05) is 48.0 Å². The molecule has 0 aliphatic heterocycles. The van der Waals surface area contributed by atoms with Crippen molar-refractivity contribution >= 4 is 17.7 Å². The van der Waals surface area contributed by atoms with Crippen LogP contribution >= 0.6 is 11.8 Å². The van der Waals surface area contributed by atoms with Crippen LogP contribution in [0.3, 0.4) is 0 Å². The van der Waals surface area contributed by atoms with Gasteiger partial charge in [0.1, 0.15) is 12.4 Å². The molecule has 1 N–H and O–H groups in total. The second-order valence-electron chi connectivity index (χ2n) is 4.99. The number of thioether (sulfide) groups is 1. The van der Waals surface area contributed by atoms with E-state index in [-0.39, 0.29) is 5.91 Å². The lowest BCUT2D eigenvalue weighted by Crippen LogP contribution is -2.29. The van der Waals surface area contributed by atoms with Crippen molar-refractivity contribution in [3.63, 3.8) is 0 Å². The highest BCUT2D eigenvalue weighted by molar-refractivity contribution is 7.99. The molecule has 3 nitrogen and oxygen atoms in total. The largest absolute Gasteiger partial charge is 0.492 e. The van der Waals surface area contributed by atoms with Crippen LogP contribution in [-0.2, 0) is 10.5 Å². The van der Waals surface area contributed by atoms with E-state index in [0.717, 1.165) is 11.5 Å². The molecule has 0 atom stereocenters. The normalized spacial score (nSPS) is 10.2. The summed E-state index contributed by atoms with van der Waals surface area (Å²) in [6, 6.07) is 18.0. The Morgan fingerprint density at radius 1 is 1.09 bits per heavy atom. The third-order valence-corrected chi connectivity index (χ3v) is 4.06. The molecule has 0 aliphatic carbocycles. The predicted molar refractivity (Wildman–Crippen MR) is 92.3 cm³/mol. The number of aryl methyl sites for hydroxylation is 1. The van der Waals surface area contributed by atoms with Crippen molar-refractivity contribution in [2.24, 2.45) is 0 Å². The van der Waals surface area contributed by atoms with E-state index in [4.69, 9.17) is 4.74 Å². The predicted octanol–water partition coefficient (Wildman–Crippen LogP) is 3.42. The maximum absolute atomic E-state index is 11.7. The summed E-state index contributed by atoms with van der Waals surface area (Å²) in [6.45, 7) is 3.05. The van der Waals surface area contributed by atoms with Gasteiger partial charge in [-0.3, -0.25) is 4.79 Å². The second-order valence-corrected chi connectivity index (χ2v) is 5.98. The summed E-state index contributed by atoms with van der Waals surface area (Å²) < 4.78 is 5.56. The number of hydrogen-bond acceptors (Lipinski definition) is 3. The molecule has 22 heavy (non-hydrogen) atoms. The van der Waals surface area contributed by atoms with Crippen LogP contribution in [0.15, 0.2) is 54.6 Å². The van der Waals surface area contributed by atoms with E-state index in [1.54, 1.807) is 11.8 Å². The van der Waals surface area contributed by atoms with Crippen molar-refractivity contribution < 1.29 is 9.53 Å². The van der Waals surface area contributed by atoms with Gasteiger partial charge in [0, 0.05) is 5.75 Å². The standard InChI is InChI=1S/C18H21NO2S/c1-15-7-9-17(10-8-15)21-12-11-19-18(20)14-22-13-16-5-3-2-4-6-16/h2-10H,11-14H2,1H3,(H,19,20). The van der Waals surface area contributed by atoms with Crippen LogP contribution in [0, 0.1) is 6.92 Å². The van der Waals surface area contributed by atoms with Crippen molar-refractivity contribution in [2.45, 2.75) is 12.7 Å². The Morgan fingerprint density at radius 3 is 2.55 bits per heavy atom. The Bertz CT molecular complexity index is 569. The van der Waals surface area contributed by atoms with Gasteiger partial charge in [-0.15, -0.1) is 11.8 Å². The Balaban J connectivity index is 1.55. The van der Waals surface area contributed by atoms with Crippen molar-refractivity contribution in [2.75, 3.05) is 18.9 Å². The highest BCUT2D eigenvalue weighted by Crippen LogP contribution is 2.12. The molecule has 2 rings (SSSR count). The minimum absolute atomic E-state index is 0.0495. The van der Waals surface area contributed by atoms with E-state index in [1.165, 1.54) is 11.1 Å². The molecule has 0 unspecified atom stereocenters. The first-order valence-corrected chi connectivity index (χ1v) is 8.47. The molecule has 0 aliphatic rings. The average molecular weight is 315 g/mol. The first kappa shape index (κ1) is 16.4. The Labute approximate surface area is 136 Å². The molecule has 0 fully saturated rings. The highest BCUT2D eigenvalue weighted by Gasteiger charge is 2.01. The lowest BCUT2D eigenvalue weighted by Gasteiger charge is -2.08. The van der Waals surface area contributed by atoms with Gasteiger partial charge in [-0.25, -0.2) is 0 Å². The smallest absolute Gasteiger partial charge is 0.230 e. The zero-order valence-electron chi connectivity index (χ0n) is 12.7. The Morgan fingerprint density at radius 2 is 1.82 bits per heavy atom. The first-order chi connectivity index (χ1) is 10.7. The van der Waals surface area contributed by atoms with Crippen LogP contribution < -0.4 is 10.1 Å². The van der Waals surface area contributed by atoms with E-state index in [9.17, 15) is 4.79 Å². The minimum Gasteiger partial charge on any atom is -0.492 e. The van der Waals surface area contributed by atoms with Crippen LogP contribution in [0.4, 0.5) is 0 Å². The molecule has 2 aromatic rings. The number of rotatable bonds is 8. The van der Waals surface area contributed by atoms with Gasteiger partial charge in [-0.05, 0) is 24.6 Å². The quantitative estimate of drug-likeness (QED) is 0.759. The highest BCUT2D eigenvalue weighted by atomic mass is 32.2. The van der Waals surface area contributed by atoms with Crippen molar-refractivity contribution in [1.82, 2.24) is 5.32 Å². The van der Waals surface area contributed by atoms with Crippen molar-refractivity contribution in [3.05, 3.63) is 65.7 Å². The van der Waals surface area contributed by atoms with Gasteiger partial charge in [0.15, 0.2) is 0 Å². The number of hydrogen-bond donors (Lipinski definition) is 1. The third-order valence-electron chi connectivity index (χ3n) is 3.06. The van der Waals surface area contributed by atoms with Crippen molar-refractivity contribution in [3.8, 4) is 5.75 Å². The van der Waals surface area contributed by atoms with E-state index in [0.29, 0.717) is 18.9 Å². The minimum atomic E-state index is 0.0495. The van der Waals surface area contributed by atoms with Gasteiger partial charge in [-0.2, -0.15) is 0 Å². The maximum Gasteiger partial charge on any atom is 0.230 e. The van der Waals surface area contributed by atoms with Gasteiger partial charge in [0.05, 0.1) is 12.3 Å². The van der Waals surface area contributed by atoms with Crippen LogP contribution in [0.2, 0.25) is 0 Å². The van der Waals surface area contributed by atoms with Gasteiger partial charge in [0.2, 0.25) is 5.91 Å². The first-order valence-electron chi connectivity index (χ1n) is 7.32. The fraction of sp³-hybridized carbons (Fsp3) is 0.278. The molecule has 0 radical (unpaired) electrons. The molecule has 0 aromatic heterocycles. The maximum atomic E-state index is 11.7. The van der Waals surface area contributed by atoms with Crippen LogP contribution in [-0.4, -0.2) is 24.8 Å². The van der Waals surface area contributed by atoms with Gasteiger partial charge >= 0.3 is 0 Å².